The van der Waals surface area contributed by atoms with Crippen LogP contribution >= 0.6 is 11.8 Å². The van der Waals surface area contributed by atoms with Crippen LogP contribution in [0.25, 0.3) is 0 Å². The number of thioether (sulfide) groups is 1. The second kappa shape index (κ2) is 11.9. The van der Waals surface area contributed by atoms with Crippen LogP contribution in [0.4, 0.5) is 0 Å². The van der Waals surface area contributed by atoms with Gasteiger partial charge in [0.05, 0.1) is 12.2 Å². The molecule has 0 heterocycles. The zero-order valence-electron chi connectivity index (χ0n) is 19.4. The minimum Gasteiger partial charge on any atom is -0.392 e. The third-order valence-electron chi connectivity index (χ3n) is 6.82. The van der Waals surface area contributed by atoms with Crippen LogP contribution in [0.1, 0.15) is 72.6 Å². The van der Waals surface area contributed by atoms with Crippen molar-refractivity contribution >= 4 is 11.8 Å². The highest BCUT2D eigenvalue weighted by Gasteiger charge is 2.43. The van der Waals surface area contributed by atoms with Gasteiger partial charge in [-0.05, 0) is 77.6 Å². The van der Waals surface area contributed by atoms with Gasteiger partial charge in [-0.2, -0.15) is 11.8 Å². The maximum absolute atomic E-state index is 10.5. The van der Waals surface area contributed by atoms with Crippen molar-refractivity contribution in [3.8, 4) is 0 Å². The van der Waals surface area contributed by atoms with Gasteiger partial charge in [0.25, 0.3) is 0 Å². The number of hydrogen-bond acceptors (Lipinski definition) is 4. The fourth-order valence-electron chi connectivity index (χ4n) is 4.61. The molecule has 168 valence electrons. The molecule has 0 spiro atoms. The number of hydrogen-bond donors (Lipinski definition) is 2. The van der Waals surface area contributed by atoms with Gasteiger partial charge in [0.1, 0.15) is 0 Å². The van der Waals surface area contributed by atoms with Crippen molar-refractivity contribution in [2.24, 2.45) is 17.8 Å². The van der Waals surface area contributed by atoms with E-state index in [-0.39, 0.29) is 23.7 Å². The zero-order chi connectivity index (χ0) is 21.4. The Morgan fingerprint density at radius 2 is 2.03 bits per heavy atom. The first-order valence-corrected chi connectivity index (χ1v) is 12.9. The lowest BCUT2D eigenvalue weighted by Crippen LogP contribution is -2.38. The summed E-state index contributed by atoms with van der Waals surface area (Å²) in [4.78, 5) is 2.43. The quantitative estimate of drug-likeness (QED) is 0.331. The van der Waals surface area contributed by atoms with Crippen LogP contribution in [0, 0.1) is 17.8 Å². The standard InChI is InChI=1S/C25H45NO2S/c1-6-7-8-10-21(27)11-12-22-23-16-19(15-20(23)17-24(22)28)18-29-14-9-13-26(5)25(2,3)4/h11-12,15,20-24,27-28H,6-10,13-14,16-18H2,1-5H3/t20-,21-,22+,23-,24+/m0/s1. The summed E-state index contributed by atoms with van der Waals surface area (Å²) in [5.41, 5.74) is 1.83. The first-order valence-electron chi connectivity index (χ1n) is 11.8. The molecule has 0 aromatic rings. The Morgan fingerprint density at radius 3 is 2.72 bits per heavy atom. The van der Waals surface area contributed by atoms with Crippen molar-refractivity contribution in [2.75, 3.05) is 25.1 Å². The summed E-state index contributed by atoms with van der Waals surface area (Å²) >= 11 is 2.06. The zero-order valence-corrected chi connectivity index (χ0v) is 20.3. The number of fused-ring (bicyclic) bond motifs is 1. The van der Waals surface area contributed by atoms with Gasteiger partial charge in [0.2, 0.25) is 0 Å². The Balaban J connectivity index is 1.71. The monoisotopic (exact) mass is 423 g/mol. The van der Waals surface area contributed by atoms with Gasteiger partial charge in [-0.1, -0.05) is 50.0 Å². The topological polar surface area (TPSA) is 43.7 Å². The van der Waals surface area contributed by atoms with Crippen LogP contribution in [0.5, 0.6) is 0 Å². The van der Waals surface area contributed by atoms with E-state index in [1.54, 1.807) is 5.57 Å². The van der Waals surface area contributed by atoms with E-state index in [4.69, 9.17) is 0 Å². The smallest absolute Gasteiger partial charge is 0.0721 e. The van der Waals surface area contributed by atoms with Crippen LogP contribution in [-0.4, -0.2) is 58.0 Å². The Morgan fingerprint density at radius 1 is 1.28 bits per heavy atom. The molecule has 2 aliphatic carbocycles. The second-order valence-corrected chi connectivity index (χ2v) is 11.3. The van der Waals surface area contributed by atoms with E-state index in [9.17, 15) is 10.2 Å². The molecule has 0 aromatic heterocycles. The number of unbranched alkanes of at least 4 members (excludes halogenated alkanes) is 2. The fraction of sp³-hybridized carbons (Fsp3) is 0.840. The molecule has 4 heteroatoms. The molecule has 29 heavy (non-hydrogen) atoms. The van der Waals surface area contributed by atoms with Crippen LogP contribution in [-0.2, 0) is 0 Å². The molecule has 0 bridgehead atoms. The normalized spacial score (nSPS) is 28.3. The molecule has 2 rings (SSSR count). The van der Waals surface area contributed by atoms with E-state index >= 15 is 0 Å². The SMILES string of the molecule is CCCCC[C@H](O)C=C[C@@H]1[C@H]2CC(CSCCCN(C)C(C)(C)C)=C[C@H]2C[C@H]1O. The van der Waals surface area contributed by atoms with Crippen molar-refractivity contribution in [3.05, 3.63) is 23.8 Å². The van der Waals surface area contributed by atoms with E-state index in [0.717, 1.165) is 38.0 Å². The lowest BCUT2D eigenvalue weighted by molar-refractivity contribution is 0.140. The lowest BCUT2D eigenvalue weighted by atomic mass is 9.89. The molecule has 1 saturated carbocycles. The summed E-state index contributed by atoms with van der Waals surface area (Å²) in [6.07, 6.45) is 13.4. The third kappa shape index (κ3) is 8.05. The molecule has 2 aliphatic rings. The third-order valence-corrected chi connectivity index (χ3v) is 7.98. The van der Waals surface area contributed by atoms with E-state index in [0.29, 0.717) is 11.8 Å². The van der Waals surface area contributed by atoms with E-state index in [1.165, 1.54) is 25.0 Å². The minimum absolute atomic E-state index is 0.208. The first kappa shape index (κ1) is 25.0. The number of aliphatic hydroxyl groups is 2. The molecule has 1 fully saturated rings. The van der Waals surface area contributed by atoms with Crippen molar-refractivity contribution < 1.29 is 10.2 Å². The van der Waals surface area contributed by atoms with E-state index in [2.05, 4.69) is 63.6 Å². The highest BCUT2D eigenvalue weighted by Crippen LogP contribution is 2.47. The average molecular weight is 424 g/mol. The molecule has 2 N–H and O–H groups in total. The van der Waals surface area contributed by atoms with Gasteiger partial charge in [-0.3, -0.25) is 0 Å². The molecule has 0 saturated heterocycles. The molecule has 5 atom stereocenters. The summed E-state index contributed by atoms with van der Waals surface area (Å²) in [6.45, 7) is 10.1. The lowest BCUT2D eigenvalue weighted by Gasteiger charge is -2.31. The largest absolute Gasteiger partial charge is 0.392 e. The van der Waals surface area contributed by atoms with Gasteiger partial charge < -0.3 is 15.1 Å². The molecule has 0 amide bonds. The van der Waals surface area contributed by atoms with Crippen molar-refractivity contribution in [1.29, 1.82) is 0 Å². The number of rotatable bonds is 12. The maximum atomic E-state index is 10.5. The van der Waals surface area contributed by atoms with Gasteiger partial charge in [-0.15, -0.1) is 0 Å². The van der Waals surface area contributed by atoms with Crippen LogP contribution < -0.4 is 0 Å². The van der Waals surface area contributed by atoms with Gasteiger partial charge >= 0.3 is 0 Å². The summed E-state index contributed by atoms with van der Waals surface area (Å²) < 4.78 is 0. The Bertz CT molecular complexity index is 539. The molecular weight excluding hydrogens is 378 g/mol. The van der Waals surface area contributed by atoms with Gasteiger partial charge in [-0.25, -0.2) is 0 Å². The molecular formula is C25H45NO2S. The summed E-state index contributed by atoms with van der Waals surface area (Å²) in [5, 5.41) is 20.7. The Hall–Kier alpha value is -0.290. The molecule has 0 aliphatic heterocycles. The molecule has 0 unspecified atom stereocenters. The van der Waals surface area contributed by atoms with Crippen molar-refractivity contribution in [3.63, 3.8) is 0 Å². The molecule has 3 nitrogen and oxygen atoms in total. The molecule has 0 aromatic carbocycles. The summed E-state index contributed by atoms with van der Waals surface area (Å²) in [6, 6.07) is 0. The summed E-state index contributed by atoms with van der Waals surface area (Å²) in [5.74, 6) is 3.62. The Kier molecular flexibility index (Phi) is 10.3. The molecule has 0 radical (unpaired) electrons. The predicted molar refractivity (Wildman–Crippen MR) is 127 cm³/mol. The minimum atomic E-state index is -0.358. The predicted octanol–water partition coefficient (Wildman–Crippen LogP) is 5.28. The van der Waals surface area contributed by atoms with Gasteiger partial charge in [0, 0.05) is 17.2 Å². The van der Waals surface area contributed by atoms with Gasteiger partial charge in [0.15, 0.2) is 0 Å². The number of nitrogens with zero attached hydrogens (tertiary/aromatic N) is 1. The Labute approximate surface area is 184 Å². The highest BCUT2D eigenvalue weighted by molar-refractivity contribution is 7.99. The maximum Gasteiger partial charge on any atom is 0.0721 e. The van der Waals surface area contributed by atoms with Crippen LogP contribution in [0.3, 0.4) is 0 Å². The van der Waals surface area contributed by atoms with Crippen LogP contribution in [0.2, 0.25) is 0 Å². The van der Waals surface area contributed by atoms with Crippen molar-refractivity contribution in [2.45, 2.75) is 90.4 Å². The number of aliphatic hydroxyl groups excluding tert-OH is 2. The second-order valence-electron chi connectivity index (χ2n) is 10.2. The van der Waals surface area contributed by atoms with Crippen molar-refractivity contribution in [1.82, 2.24) is 4.90 Å². The van der Waals surface area contributed by atoms with Crippen LogP contribution in [0.15, 0.2) is 23.8 Å². The average Bonchev–Trinajstić information content (AvgIpc) is 3.15. The number of allylic oxidation sites excluding steroid dienone is 1. The fourth-order valence-corrected chi connectivity index (χ4v) is 5.56. The summed E-state index contributed by atoms with van der Waals surface area (Å²) in [7, 11) is 2.21. The first-order chi connectivity index (χ1) is 13.7. The van der Waals surface area contributed by atoms with E-state index < -0.39 is 0 Å². The highest BCUT2D eigenvalue weighted by atomic mass is 32.2. The van der Waals surface area contributed by atoms with E-state index in [1.807, 2.05) is 6.08 Å².